The molecule has 1 aromatic rings. The van der Waals surface area contributed by atoms with Crippen molar-refractivity contribution in [1.29, 1.82) is 0 Å². The van der Waals surface area contributed by atoms with Gasteiger partial charge in [0.05, 0.1) is 12.7 Å². The van der Waals surface area contributed by atoms with Crippen LogP contribution < -0.4 is 4.90 Å². The number of aliphatic hydroxyl groups is 2. The lowest BCUT2D eigenvalue weighted by Crippen LogP contribution is -2.39. The molecule has 21 heavy (non-hydrogen) atoms. The van der Waals surface area contributed by atoms with Gasteiger partial charge in [0.15, 0.2) is 0 Å². The predicted octanol–water partition coefficient (Wildman–Crippen LogP) is 3.32. The van der Waals surface area contributed by atoms with Gasteiger partial charge in [0.2, 0.25) is 0 Å². The van der Waals surface area contributed by atoms with Gasteiger partial charge in [-0.05, 0) is 44.4 Å². The third kappa shape index (κ3) is 3.74. The van der Waals surface area contributed by atoms with Gasteiger partial charge in [-0.1, -0.05) is 19.3 Å². The number of halogens is 1. The number of anilines is 1. The van der Waals surface area contributed by atoms with Crippen LogP contribution in [0.5, 0.6) is 0 Å². The Hall–Kier alpha value is -1.13. The van der Waals surface area contributed by atoms with Crippen LogP contribution in [0.25, 0.3) is 0 Å². The summed E-state index contributed by atoms with van der Waals surface area (Å²) in [6.07, 6.45) is 5.11. The molecule has 0 radical (unpaired) electrons. The molecule has 0 aromatic heterocycles. The Morgan fingerprint density at radius 3 is 2.52 bits per heavy atom. The highest BCUT2D eigenvalue weighted by molar-refractivity contribution is 5.57. The molecule has 1 saturated carbocycles. The normalized spacial score (nSPS) is 17.8. The van der Waals surface area contributed by atoms with Gasteiger partial charge in [-0.2, -0.15) is 0 Å². The molecule has 1 aliphatic rings. The fraction of sp³-hybridized carbons (Fsp3) is 0.647. The van der Waals surface area contributed by atoms with E-state index >= 15 is 0 Å². The van der Waals surface area contributed by atoms with Crippen LogP contribution >= 0.6 is 0 Å². The molecule has 2 N–H and O–H groups in total. The standard InChI is InChI=1S/C17H26FNO2/c1-12-10-17(15(13(2)21)11-16(12)18)19(8-9-20)14-6-4-3-5-7-14/h10-11,13-14,20-21H,3-9H2,1-2H3/t13-/m1/s1. The van der Waals surface area contributed by atoms with Crippen molar-refractivity contribution in [1.82, 2.24) is 0 Å². The Morgan fingerprint density at radius 2 is 1.95 bits per heavy atom. The van der Waals surface area contributed by atoms with Gasteiger partial charge >= 0.3 is 0 Å². The van der Waals surface area contributed by atoms with Crippen LogP contribution in [0.3, 0.4) is 0 Å². The summed E-state index contributed by atoms with van der Waals surface area (Å²) in [6, 6.07) is 3.61. The van der Waals surface area contributed by atoms with Crippen molar-refractivity contribution in [2.75, 3.05) is 18.1 Å². The molecule has 1 atom stereocenters. The van der Waals surface area contributed by atoms with Crippen molar-refractivity contribution in [2.45, 2.75) is 58.1 Å². The summed E-state index contributed by atoms with van der Waals surface area (Å²) in [5.74, 6) is -0.290. The van der Waals surface area contributed by atoms with Crippen molar-refractivity contribution in [3.8, 4) is 0 Å². The molecule has 1 fully saturated rings. The second-order valence-corrected chi connectivity index (χ2v) is 6.05. The average Bonchev–Trinajstić information content (AvgIpc) is 2.48. The Kier molecular flexibility index (Phi) is 5.59. The summed E-state index contributed by atoms with van der Waals surface area (Å²) in [4.78, 5) is 2.16. The van der Waals surface area contributed by atoms with E-state index in [2.05, 4.69) is 4.90 Å². The largest absolute Gasteiger partial charge is 0.395 e. The van der Waals surface area contributed by atoms with Gasteiger partial charge in [-0.3, -0.25) is 0 Å². The minimum Gasteiger partial charge on any atom is -0.395 e. The maximum atomic E-state index is 13.8. The summed E-state index contributed by atoms with van der Waals surface area (Å²) in [5.41, 5.74) is 2.05. The molecule has 0 aliphatic heterocycles. The second-order valence-electron chi connectivity index (χ2n) is 6.05. The van der Waals surface area contributed by atoms with Crippen molar-refractivity contribution in [3.05, 3.63) is 29.1 Å². The quantitative estimate of drug-likeness (QED) is 0.876. The minimum atomic E-state index is -0.722. The smallest absolute Gasteiger partial charge is 0.126 e. The number of rotatable bonds is 5. The monoisotopic (exact) mass is 295 g/mol. The highest BCUT2D eigenvalue weighted by atomic mass is 19.1. The number of hydrogen-bond donors (Lipinski definition) is 2. The molecular weight excluding hydrogens is 269 g/mol. The number of nitrogens with zero attached hydrogens (tertiary/aromatic N) is 1. The van der Waals surface area contributed by atoms with Crippen LogP contribution in [0.2, 0.25) is 0 Å². The lowest BCUT2D eigenvalue weighted by molar-refractivity contribution is 0.198. The van der Waals surface area contributed by atoms with E-state index in [1.807, 2.05) is 6.07 Å². The van der Waals surface area contributed by atoms with E-state index in [0.29, 0.717) is 23.7 Å². The van der Waals surface area contributed by atoms with E-state index in [1.165, 1.54) is 25.3 Å². The van der Waals surface area contributed by atoms with Crippen molar-refractivity contribution < 1.29 is 14.6 Å². The van der Waals surface area contributed by atoms with E-state index in [1.54, 1.807) is 13.8 Å². The molecule has 0 unspecified atom stereocenters. The SMILES string of the molecule is Cc1cc(N(CCO)C2CCCCC2)c([C@@H](C)O)cc1F. The zero-order valence-corrected chi connectivity index (χ0v) is 13.0. The summed E-state index contributed by atoms with van der Waals surface area (Å²) < 4.78 is 13.8. The summed E-state index contributed by atoms with van der Waals surface area (Å²) >= 11 is 0. The molecule has 0 saturated heterocycles. The van der Waals surface area contributed by atoms with Crippen LogP contribution in [0.1, 0.15) is 56.3 Å². The zero-order valence-electron chi connectivity index (χ0n) is 13.0. The highest BCUT2D eigenvalue weighted by Crippen LogP contribution is 2.34. The second kappa shape index (κ2) is 7.23. The molecule has 0 heterocycles. The van der Waals surface area contributed by atoms with Gasteiger partial charge in [0, 0.05) is 23.8 Å². The lowest BCUT2D eigenvalue weighted by atomic mass is 9.92. The number of aryl methyl sites for hydroxylation is 1. The molecule has 0 spiro atoms. The van der Waals surface area contributed by atoms with Crippen LogP contribution in [0, 0.1) is 12.7 Å². The number of hydrogen-bond acceptors (Lipinski definition) is 3. The van der Waals surface area contributed by atoms with Gasteiger partial charge < -0.3 is 15.1 Å². The Bertz CT molecular complexity index is 470. The third-order valence-electron chi connectivity index (χ3n) is 4.42. The van der Waals surface area contributed by atoms with Crippen LogP contribution in [-0.4, -0.2) is 29.4 Å². The maximum absolute atomic E-state index is 13.8. The van der Waals surface area contributed by atoms with E-state index < -0.39 is 6.10 Å². The van der Waals surface area contributed by atoms with Crippen LogP contribution in [0.15, 0.2) is 12.1 Å². The molecule has 3 nitrogen and oxygen atoms in total. The van der Waals surface area contributed by atoms with Gasteiger partial charge in [0.25, 0.3) is 0 Å². The molecule has 118 valence electrons. The predicted molar refractivity (Wildman–Crippen MR) is 83.1 cm³/mol. The molecular formula is C17H26FNO2. The Labute approximate surface area is 126 Å². The Balaban J connectivity index is 2.40. The van der Waals surface area contributed by atoms with E-state index in [9.17, 15) is 14.6 Å². The van der Waals surface area contributed by atoms with E-state index in [4.69, 9.17) is 0 Å². The first-order chi connectivity index (χ1) is 10.0. The van der Waals surface area contributed by atoms with Crippen LogP contribution in [-0.2, 0) is 0 Å². The molecule has 0 amide bonds. The van der Waals surface area contributed by atoms with Gasteiger partial charge in [-0.15, -0.1) is 0 Å². The van der Waals surface area contributed by atoms with Crippen molar-refractivity contribution >= 4 is 5.69 Å². The molecule has 1 aromatic carbocycles. The number of benzene rings is 1. The first-order valence-corrected chi connectivity index (χ1v) is 7.90. The zero-order chi connectivity index (χ0) is 15.4. The lowest BCUT2D eigenvalue weighted by Gasteiger charge is -2.37. The van der Waals surface area contributed by atoms with E-state index in [-0.39, 0.29) is 12.4 Å². The first-order valence-electron chi connectivity index (χ1n) is 7.90. The highest BCUT2D eigenvalue weighted by Gasteiger charge is 2.24. The summed E-state index contributed by atoms with van der Waals surface area (Å²) in [7, 11) is 0. The van der Waals surface area contributed by atoms with Crippen LogP contribution in [0.4, 0.5) is 10.1 Å². The number of aliphatic hydroxyl groups excluding tert-OH is 2. The van der Waals surface area contributed by atoms with E-state index in [0.717, 1.165) is 18.5 Å². The molecule has 2 rings (SSSR count). The fourth-order valence-corrected chi connectivity index (χ4v) is 3.27. The molecule has 1 aliphatic carbocycles. The van der Waals surface area contributed by atoms with Crippen molar-refractivity contribution in [3.63, 3.8) is 0 Å². The summed E-state index contributed by atoms with van der Waals surface area (Å²) in [5, 5.41) is 19.4. The molecule has 0 bridgehead atoms. The topological polar surface area (TPSA) is 43.7 Å². The third-order valence-corrected chi connectivity index (χ3v) is 4.42. The average molecular weight is 295 g/mol. The Morgan fingerprint density at radius 1 is 1.29 bits per heavy atom. The first kappa shape index (κ1) is 16.2. The van der Waals surface area contributed by atoms with Crippen molar-refractivity contribution in [2.24, 2.45) is 0 Å². The minimum absolute atomic E-state index is 0.0617. The van der Waals surface area contributed by atoms with Gasteiger partial charge in [-0.25, -0.2) is 4.39 Å². The van der Waals surface area contributed by atoms with Gasteiger partial charge in [0.1, 0.15) is 5.82 Å². The fourth-order valence-electron chi connectivity index (χ4n) is 3.27. The summed E-state index contributed by atoms with van der Waals surface area (Å²) in [6.45, 7) is 3.98. The molecule has 4 heteroatoms. The maximum Gasteiger partial charge on any atom is 0.126 e.